The molecule has 0 saturated carbocycles. The van der Waals surface area contributed by atoms with Gasteiger partial charge in [-0.2, -0.15) is 0 Å². The van der Waals surface area contributed by atoms with Crippen molar-refractivity contribution in [1.82, 2.24) is 4.98 Å². The summed E-state index contributed by atoms with van der Waals surface area (Å²) in [4.78, 5) is 4.28. The molecule has 88 valence electrons. The van der Waals surface area contributed by atoms with Gasteiger partial charge in [0.25, 0.3) is 0 Å². The Morgan fingerprint density at radius 3 is 2.18 bits per heavy atom. The number of anilines is 1. The summed E-state index contributed by atoms with van der Waals surface area (Å²) in [5.74, 6) is 1.79. The molecular weight excluding hydrogens is 216 g/mol. The van der Waals surface area contributed by atoms with E-state index in [-0.39, 0.29) is 0 Å². The average Bonchev–Trinajstić information content (AvgIpc) is 2.39. The summed E-state index contributed by atoms with van der Waals surface area (Å²) in [7, 11) is 3.21. The summed E-state index contributed by atoms with van der Waals surface area (Å²) < 4.78 is 10.2. The quantitative estimate of drug-likeness (QED) is 0.879. The molecule has 1 aromatic heterocycles. The molecule has 0 amide bonds. The van der Waals surface area contributed by atoms with Crippen LogP contribution in [-0.2, 0) is 0 Å². The summed E-state index contributed by atoms with van der Waals surface area (Å²) >= 11 is 0. The van der Waals surface area contributed by atoms with E-state index in [1.54, 1.807) is 14.2 Å². The third-order valence-electron chi connectivity index (χ3n) is 2.49. The van der Waals surface area contributed by atoms with Gasteiger partial charge in [-0.3, -0.25) is 0 Å². The summed E-state index contributed by atoms with van der Waals surface area (Å²) in [6, 6.07) is 11.3. The van der Waals surface area contributed by atoms with Gasteiger partial charge in [0, 0.05) is 5.56 Å². The minimum Gasteiger partial charge on any atom is -0.497 e. The molecule has 17 heavy (non-hydrogen) atoms. The fourth-order valence-corrected chi connectivity index (χ4v) is 1.56. The molecule has 0 radical (unpaired) electrons. The third kappa shape index (κ3) is 2.30. The highest BCUT2D eigenvalue weighted by Gasteiger charge is 2.04. The normalized spacial score (nSPS) is 10.0. The number of nitrogen functional groups attached to an aromatic ring is 1. The molecule has 0 fully saturated rings. The maximum atomic E-state index is 5.76. The lowest BCUT2D eigenvalue weighted by atomic mass is 10.1. The lowest BCUT2D eigenvalue weighted by molar-refractivity contribution is 0.414. The van der Waals surface area contributed by atoms with Crippen LogP contribution in [0.2, 0.25) is 0 Å². The molecule has 0 saturated heterocycles. The molecule has 2 N–H and O–H groups in total. The van der Waals surface area contributed by atoms with E-state index in [0.717, 1.165) is 17.0 Å². The average molecular weight is 230 g/mol. The van der Waals surface area contributed by atoms with E-state index in [4.69, 9.17) is 15.2 Å². The standard InChI is InChI=1S/C13H14N2O2/c1-16-10-5-3-9(4-6-10)11-7-8-12(17-2)13(14)15-11/h3-8H,1-2H3,(H2,14,15). The van der Waals surface area contributed by atoms with Gasteiger partial charge in [0.05, 0.1) is 19.9 Å². The van der Waals surface area contributed by atoms with Crippen molar-refractivity contribution in [3.05, 3.63) is 36.4 Å². The first-order valence-electron chi connectivity index (χ1n) is 5.19. The highest BCUT2D eigenvalue weighted by Crippen LogP contribution is 2.25. The minimum absolute atomic E-state index is 0.390. The summed E-state index contributed by atoms with van der Waals surface area (Å²) in [6.07, 6.45) is 0. The zero-order valence-corrected chi connectivity index (χ0v) is 9.81. The Balaban J connectivity index is 2.35. The van der Waals surface area contributed by atoms with Gasteiger partial charge in [0.2, 0.25) is 0 Å². The van der Waals surface area contributed by atoms with Crippen LogP contribution < -0.4 is 15.2 Å². The Kier molecular flexibility index (Phi) is 3.14. The fourth-order valence-electron chi connectivity index (χ4n) is 1.56. The maximum absolute atomic E-state index is 5.76. The topological polar surface area (TPSA) is 57.4 Å². The van der Waals surface area contributed by atoms with Gasteiger partial charge in [0.15, 0.2) is 11.6 Å². The lowest BCUT2D eigenvalue weighted by Crippen LogP contribution is -1.96. The molecule has 0 aliphatic carbocycles. The van der Waals surface area contributed by atoms with Crippen LogP contribution in [0.3, 0.4) is 0 Å². The zero-order chi connectivity index (χ0) is 12.3. The van der Waals surface area contributed by atoms with E-state index in [2.05, 4.69) is 4.98 Å². The van der Waals surface area contributed by atoms with Crippen LogP contribution >= 0.6 is 0 Å². The Labute approximate surface area is 100 Å². The third-order valence-corrected chi connectivity index (χ3v) is 2.49. The van der Waals surface area contributed by atoms with Gasteiger partial charge in [-0.05, 0) is 36.4 Å². The van der Waals surface area contributed by atoms with Crippen LogP contribution in [0.1, 0.15) is 0 Å². The molecule has 0 bridgehead atoms. The molecule has 0 aliphatic heterocycles. The number of benzene rings is 1. The highest BCUT2D eigenvalue weighted by molar-refractivity contribution is 5.64. The van der Waals surface area contributed by atoms with E-state index in [9.17, 15) is 0 Å². The second kappa shape index (κ2) is 4.74. The highest BCUT2D eigenvalue weighted by atomic mass is 16.5. The van der Waals surface area contributed by atoms with E-state index in [1.165, 1.54) is 0 Å². The number of hydrogen-bond acceptors (Lipinski definition) is 4. The molecule has 0 aliphatic rings. The number of aromatic nitrogens is 1. The number of rotatable bonds is 3. The number of hydrogen-bond donors (Lipinski definition) is 1. The first-order chi connectivity index (χ1) is 8.24. The number of methoxy groups -OCH3 is 2. The van der Waals surface area contributed by atoms with Crippen molar-refractivity contribution < 1.29 is 9.47 Å². The summed E-state index contributed by atoms with van der Waals surface area (Å²) in [5.41, 5.74) is 7.56. The van der Waals surface area contributed by atoms with E-state index in [0.29, 0.717) is 11.6 Å². The van der Waals surface area contributed by atoms with Crippen molar-refractivity contribution >= 4 is 5.82 Å². The van der Waals surface area contributed by atoms with Crippen molar-refractivity contribution in [1.29, 1.82) is 0 Å². The van der Waals surface area contributed by atoms with E-state index < -0.39 is 0 Å². The minimum atomic E-state index is 0.390. The molecular formula is C13H14N2O2. The zero-order valence-electron chi connectivity index (χ0n) is 9.81. The SMILES string of the molecule is COc1ccc(-c2ccc(OC)c(N)n2)cc1. The van der Waals surface area contributed by atoms with Gasteiger partial charge in [-0.25, -0.2) is 4.98 Å². The van der Waals surface area contributed by atoms with Gasteiger partial charge >= 0.3 is 0 Å². The number of nitrogens with zero attached hydrogens (tertiary/aromatic N) is 1. The molecule has 0 atom stereocenters. The smallest absolute Gasteiger partial charge is 0.166 e. The second-order valence-corrected chi connectivity index (χ2v) is 3.51. The predicted molar refractivity (Wildman–Crippen MR) is 67.2 cm³/mol. The number of nitrogens with two attached hydrogens (primary N) is 1. The molecule has 2 aromatic rings. The first-order valence-corrected chi connectivity index (χ1v) is 5.19. The van der Waals surface area contributed by atoms with Crippen LogP contribution in [0.25, 0.3) is 11.3 Å². The lowest BCUT2D eigenvalue weighted by Gasteiger charge is -2.07. The molecule has 0 spiro atoms. The van der Waals surface area contributed by atoms with E-state index >= 15 is 0 Å². The molecule has 0 unspecified atom stereocenters. The Bertz CT molecular complexity index is 509. The summed E-state index contributed by atoms with van der Waals surface area (Å²) in [5, 5.41) is 0. The van der Waals surface area contributed by atoms with Crippen LogP contribution in [-0.4, -0.2) is 19.2 Å². The molecule has 1 heterocycles. The largest absolute Gasteiger partial charge is 0.497 e. The monoisotopic (exact) mass is 230 g/mol. The van der Waals surface area contributed by atoms with Gasteiger partial charge in [-0.1, -0.05) is 0 Å². The van der Waals surface area contributed by atoms with Crippen LogP contribution in [0.15, 0.2) is 36.4 Å². The molecule has 4 heteroatoms. The van der Waals surface area contributed by atoms with Gasteiger partial charge < -0.3 is 15.2 Å². The Morgan fingerprint density at radius 2 is 1.65 bits per heavy atom. The van der Waals surface area contributed by atoms with Gasteiger partial charge in [-0.15, -0.1) is 0 Å². The maximum Gasteiger partial charge on any atom is 0.166 e. The van der Waals surface area contributed by atoms with Crippen LogP contribution in [0.4, 0.5) is 5.82 Å². The van der Waals surface area contributed by atoms with Crippen LogP contribution in [0.5, 0.6) is 11.5 Å². The van der Waals surface area contributed by atoms with Crippen molar-refractivity contribution in [2.75, 3.05) is 20.0 Å². The van der Waals surface area contributed by atoms with Crippen molar-refractivity contribution in [2.45, 2.75) is 0 Å². The predicted octanol–water partition coefficient (Wildman–Crippen LogP) is 2.35. The van der Waals surface area contributed by atoms with Crippen molar-refractivity contribution in [3.8, 4) is 22.8 Å². The van der Waals surface area contributed by atoms with Crippen molar-refractivity contribution in [2.24, 2.45) is 0 Å². The number of pyridine rings is 1. The molecule has 1 aromatic carbocycles. The Morgan fingerprint density at radius 1 is 0.941 bits per heavy atom. The second-order valence-electron chi connectivity index (χ2n) is 3.51. The van der Waals surface area contributed by atoms with E-state index in [1.807, 2.05) is 36.4 Å². The summed E-state index contributed by atoms with van der Waals surface area (Å²) in [6.45, 7) is 0. The fraction of sp³-hybridized carbons (Fsp3) is 0.154. The Hall–Kier alpha value is -2.23. The number of ether oxygens (including phenoxy) is 2. The van der Waals surface area contributed by atoms with Crippen LogP contribution in [0, 0.1) is 0 Å². The molecule has 4 nitrogen and oxygen atoms in total. The first kappa shape index (κ1) is 11.3. The van der Waals surface area contributed by atoms with Crippen molar-refractivity contribution in [3.63, 3.8) is 0 Å². The van der Waals surface area contributed by atoms with Gasteiger partial charge in [0.1, 0.15) is 5.75 Å². The molecule has 2 rings (SSSR count).